The average Bonchev–Trinajstić information content (AvgIpc) is 2.14. The molecular weight excluding hydrogens is 236 g/mol. The summed E-state index contributed by atoms with van der Waals surface area (Å²) in [5, 5.41) is 9.64. The Morgan fingerprint density at radius 3 is 2.06 bits per heavy atom. The van der Waals surface area contributed by atoms with Crippen molar-refractivity contribution >= 4 is 11.6 Å². The van der Waals surface area contributed by atoms with E-state index in [2.05, 4.69) is 0 Å². The van der Waals surface area contributed by atoms with E-state index in [4.69, 9.17) is 17.3 Å². The highest BCUT2D eigenvalue weighted by molar-refractivity contribution is 6.30. The fourth-order valence-electron chi connectivity index (χ4n) is 1.46. The SMILES string of the molecule is CC(C)[C@H](O)[C@H](N)c1c(F)cc(Cl)cc1F. The summed E-state index contributed by atoms with van der Waals surface area (Å²) in [5.41, 5.74) is 5.29. The van der Waals surface area contributed by atoms with Crippen LogP contribution < -0.4 is 5.73 Å². The lowest BCUT2D eigenvalue weighted by Crippen LogP contribution is -2.32. The molecule has 0 spiro atoms. The van der Waals surface area contributed by atoms with Crippen LogP contribution in [0.1, 0.15) is 25.5 Å². The third-order valence-corrected chi connectivity index (χ3v) is 2.65. The van der Waals surface area contributed by atoms with E-state index in [1.54, 1.807) is 13.8 Å². The van der Waals surface area contributed by atoms with Gasteiger partial charge in [-0.1, -0.05) is 25.4 Å². The van der Waals surface area contributed by atoms with Gasteiger partial charge in [-0.25, -0.2) is 8.78 Å². The Morgan fingerprint density at radius 1 is 1.25 bits per heavy atom. The third-order valence-electron chi connectivity index (χ3n) is 2.43. The minimum Gasteiger partial charge on any atom is -0.391 e. The Bertz CT molecular complexity index is 361. The van der Waals surface area contributed by atoms with Gasteiger partial charge in [0.15, 0.2) is 0 Å². The van der Waals surface area contributed by atoms with Gasteiger partial charge in [-0.15, -0.1) is 0 Å². The fourth-order valence-corrected chi connectivity index (χ4v) is 1.65. The molecule has 0 unspecified atom stereocenters. The molecule has 1 aromatic carbocycles. The van der Waals surface area contributed by atoms with Crippen LogP contribution >= 0.6 is 11.6 Å². The summed E-state index contributed by atoms with van der Waals surface area (Å²) in [6.07, 6.45) is -1.01. The second-order valence-corrected chi connectivity index (χ2v) is 4.48. The summed E-state index contributed by atoms with van der Waals surface area (Å²) < 4.78 is 26.9. The Morgan fingerprint density at radius 2 is 1.69 bits per heavy atom. The first-order chi connectivity index (χ1) is 7.34. The standard InChI is InChI=1S/C11H14ClF2NO/c1-5(2)11(16)10(15)9-7(13)3-6(12)4-8(9)14/h3-5,10-11,16H,15H2,1-2H3/t10-,11+/m1/s1. The summed E-state index contributed by atoms with van der Waals surface area (Å²) in [6, 6.07) is 0.858. The van der Waals surface area contributed by atoms with Gasteiger partial charge < -0.3 is 10.8 Å². The molecule has 1 aromatic rings. The Hall–Kier alpha value is -0.710. The summed E-state index contributed by atoms with van der Waals surface area (Å²) in [4.78, 5) is 0. The van der Waals surface area contributed by atoms with Gasteiger partial charge in [0.1, 0.15) is 11.6 Å². The normalized spacial score (nSPS) is 15.2. The number of rotatable bonds is 3. The van der Waals surface area contributed by atoms with Crippen molar-refractivity contribution < 1.29 is 13.9 Å². The maximum absolute atomic E-state index is 13.5. The first-order valence-electron chi connectivity index (χ1n) is 4.92. The van der Waals surface area contributed by atoms with E-state index in [-0.39, 0.29) is 16.5 Å². The Labute approximate surface area is 98.0 Å². The van der Waals surface area contributed by atoms with E-state index in [0.29, 0.717) is 0 Å². The molecule has 0 saturated heterocycles. The van der Waals surface area contributed by atoms with Gasteiger partial charge in [0.05, 0.1) is 12.1 Å². The van der Waals surface area contributed by atoms with E-state index in [9.17, 15) is 13.9 Å². The predicted molar refractivity (Wildman–Crippen MR) is 59.1 cm³/mol. The molecule has 90 valence electrons. The molecule has 0 aromatic heterocycles. The zero-order valence-corrected chi connectivity index (χ0v) is 9.80. The van der Waals surface area contributed by atoms with Crippen molar-refractivity contribution in [1.82, 2.24) is 0 Å². The number of aliphatic hydroxyl groups excluding tert-OH is 1. The second kappa shape index (κ2) is 5.08. The highest BCUT2D eigenvalue weighted by Gasteiger charge is 2.26. The molecule has 0 heterocycles. The molecular formula is C11H14ClF2NO. The average molecular weight is 250 g/mol. The van der Waals surface area contributed by atoms with Gasteiger partial charge in [-0.05, 0) is 18.1 Å². The van der Waals surface area contributed by atoms with Gasteiger partial charge in [0.25, 0.3) is 0 Å². The number of halogens is 3. The molecule has 3 N–H and O–H groups in total. The second-order valence-electron chi connectivity index (χ2n) is 4.04. The Balaban J connectivity index is 3.13. The maximum Gasteiger partial charge on any atom is 0.132 e. The first-order valence-corrected chi connectivity index (χ1v) is 5.30. The van der Waals surface area contributed by atoms with Gasteiger partial charge in [-0.2, -0.15) is 0 Å². The van der Waals surface area contributed by atoms with Crippen LogP contribution in [0.25, 0.3) is 0 Å². The van der Waals surface area contributed by atoms with Crippen LogP contribution in [0.5, 0.6) is 0 Å². The molecule has 0 fully saturated rings. The van der Waals surface area contributed by atoms with Crippen LogP contribution in [0.15, 0.2) is 12.1 Å². The number of hydrogen-bond donors (Lipinski definition) is 2. The van der Waals surface area contributed by atoms with E-state index in [0.717, 1.165) is 12.1 Å². The summed E-state index contributed by atoms with van der Waals surface area (Å²) in [5.74, 6) is -1.86. The lowest BCUT2D eigenvalue weighted by atomic mass is 9.94. The van der Waals surface area contributed by atoms with Gasteiger partial charge in [0, 0.05) is 10.6 Å². The van der Waals surface area contributed by atoms with Crippen LogP contribution in [0.4, 0.5) is 8.78 Å². The highest BCUT2D eigenvalue weighted by Crippen LogP contribution is 2.27. The zero-order chi connectivity index (χ0) is 12.5. The molecule has 2 atom stereocenters. The van der Waals surface area contributed by atoms with Gasteiger partial charge in [-0.3, -0.25) is 0 Å². The predicted octanol–water partition coefficient (Wildman–Crippen LogP) is 2.63. The molecule has 1 rings (SSSR count). The van der Waals surface area contributed by atoms with E-state index in [1.807, 2.05) is 0 Å². The topological polar surface area (TPSA) is 46.2 Å². The first kappa shape index (κ1) is 13.4. The molecule has 5 heteroatoms. The van der Waals surface area contributed by atoms with Crippen molar-refractivity contribution in [3.63, 3.8) is 0 Å². The zero-order valence-electron chi connectivity index (χ0n) is 9.05. The van der Waals surface area contributed by atoms with Crippen molar-refractivity contribution in [2.24, 2.45) is 11.7 Å². The van der Waals surface area contributed by atoms with E-state index >= 15 is 0 Å². The molecule has 2 nitrogen and oxygen atoms in total. The molecule has 0 aliphatic carbocycles. The molecule has 16 heavy (non-hydrogen) atoms. The quantitative estimate of drug-likeness (QED) is 0.865. The third kappa shape index (κ3) is 2.70. The number of hydrogen-bond acceptors (Lipinski definition) is 2. The van der Waals surface area contributed by atoms with Crippen molar-refractivity contribution in [3.8, 4) is 0 Å². The van der Waals surface area contributed by atoms with E-state index < -0.39 is 23.8 Å². The van der Waals surface area contributed by atoms with E-state index in [1.165, 1.54) is 0 Å². The van der Waals surface area contributed by atoms with Crippen LogP contribution in [-0.2, 0) is 0 Å². The monoisotopic (exact) mass is 249 g/mol. The minimum absolute atomic E-state index is 0.0370. The lowest BCUT2D eigenvalue weighted by molar-refractivity contribution is 0.0952. The molecule has 0 radical (unpaired) electrons. The van der Waals surface area contributed by atoms with Crippen molar-refractivity contribution in [2.45, 2.75) is 26.0 Å². The van der Waals surface area contributed by atoms with Crippen LogP contribution in [-0.4, -0.2) is 11.2 Å². The summed E-state index contributed by atoms with van der Waals surface area (Å²) >= 11 is 5.49. The smallest absolute Gasteiger partial charge is 0.132 e. The van der Waals surface area contributed by atoms with Crippen molar-refractivity contribution in [3.05, 3.63) is 34.4 Å². The molecule has 0 saturated carbocycles. The van der Waals surface area contributed by atoms with Crippen LogP contribution in [0.2, 0.25) is 5.02 Å². The molecule has 0 aliphatic heterocycles. The number of nitrogens with two attached hydrogens (primary N) is 1. The maximum atomic E-state index is 13.5. The van der Waals surface area contributed by atoms with Crippen LogP contribution in [0.3, 0.4) is 0 Å². The van der Waals surface area contributed by atoms with Crippen molar-refractivity contribution in [1.29, 1.82) is 0 Å². The Kier molecular flexibility index (Phi) is 4.24. The number of aliphatic hydroxyl groups is 1. The molecule has 0 bridgehead atoms. The fraction of sp³-hybridized carbons (Fsp3) is 0.455. The molecule has 0 amide bonds. The minimum atomic E-state index is -1.10. The largest absolute Gasteiger partial charge is 0.391 e. The van der Waals surface area contributed by atoms with Crippen LogP contribution in [0, 0.1) is 17.6 Å². The summed E-state index contributed by atoms with van der Waals surface area (Å²) in [7, 11) is 0. The summed E-state index contributed by atoms with van der Waals surface area (Å²) in [6.45, 7) is 3.44. The lowest BCUT2D eigenvalue weighted by Gasteiger charge is -2.23. The highest BCUT2D eigenvalue weighted by atomic mass is 35.5. The van der Waals surface area contributed by atoms with Gasteiger partial charge in [0.2, 0.25) is 0 Å². The number of benzene rings is 1. The molecule has 0 aliphatic rings. The van der Waals surface area contributed by atoms with Crippen molar-refractivity contribution in [2.75, 3.05) is 0 Å². The van der Waals surface area contributed by atoms with Gasteiger partial charge >= 0.3 is 0 Å².